The minimum absolute atomic E-state index is 0.0247. The number of fused-ring (bicyclic) bond motifs is 1. The number of amides is 2. The molecule has 1 fully saturated rings. The van der Waals surface area contributed by atoms with Crippen LogP contribution in [0, 0.1) is 0 Å². The topological polar surface area (TPSA) is 84.3 Å². The summed E-state index contributed by atoms with van der Waals surface area (Å²) in [5.41, 5.74) is 1.93. The van der Waals surface area contributed by atoms with Gasteiger partial charge in [0.1, 0.15) is 5.69 Å². The number of nitrogens with zero attached hydrogens (tertiary/aromatic N) is 3. The summed E-state index contributed by atoms with van der Waals surface area (Å²) in [6.07, 6.45) is 9.04. The van der Waals surface area contributed by atoms with Gasteiger partial charge in [0, 0.05) is 30.3 Å². The number of nitrogens with one attached hydrogen (secondary N) is 1. The highest BCUT2D eigenvalue weighted by molar-refractivity contribution is 6.06. The Labute approximate surface area is 188 Å². The molecule has 32 heavy (non-hydrogen) atoms. The van der Waals surface area contributed by atoms with Gasteiger partial charge < -0.3 is 10.2 Å². The van der Waals surface area contributed by atoms with Crippen LogP contribution in [0.1, 0.15) is 74.3 Å². The molecular weight excluding hydrogens is 404 g/mol. The molecule has 1 saturated carbocycles. The molecule has 1 aromatic carbocycles. The highest BCUT2D eigenvalue weighted by atomic mass is 16.2. The lowest BCUT2D eigenvalue weighted by Crippen LogP contribution is -2.38. The van der Waals surface area contributed by atoms with E-state index < -0.39 is 0 Å². The first kappa shape index (κ1) is 22.2. The minimum atomic E-state index is -0.310. The molecule has 2 amide bonds. The Morgan fingerprint density at radius 3 is 2.53 bits per heavy atom. The summed E-state index contributed by atoms with van der Waals surface area (Å²) in [6.45, 7) is 2.17. The van der Waals surface area contributed by atoms with Crippen molar-refractivity contribution < 1.29 is 9.59 Å². The fourth-order valence-corrected chi connectivity index (χ4v) is 4.83. The Morgan fingerprint density at radius 2 is 1.75 bits per heavy atom. The van der Waals surface area contributed by atoms with Crippen LogP contribution in [0.4, 0.5) is 5.69 Å². The minimum Gasteiger partial charge on any atom is -0.353 e. The maximum atomic E-state index is 13.2. The number of para-hydroxylation sites is 1. The Kier molecular flexibility index (Phi) is 7.02. The number of aromatic nitrogens is 2. The van der Waals surface area contributed by atoms with Crippen molar-refractivity contribution in [1.29, 1.82) is 0 Å². The first-order chi connectivity index (χ1) is 15.5. The number of carbonyl (C=O) groups is 2. The molecule has 7 nitrogen and oxygen atoms in total. The van der Waals surface area contributed by atoms with Gasteiger partial charge in [-0.3, -0.25) is 14.4 Å². The quantitative estimate of drug-likeness (QED) is 0.778. The summed E-state index contributed by atoms with van der Waals surface area (Å²) >= 11 is 0. The predicted molar refractivity (Wildman–Crippen MR) is 124 cm³/mol. The highest BCUT2D eigenvalue weighted by Crippen LogP contribution is 2.32. The molecule has 2 heterocycles. The van der Waals surface area contributed by atoms with E-state index in [-0.39, 0.29) is 48.1 Å². The van der Waals surface area contributed by atoms with Gasteiger partial charge in [-0.1, -0.05) is 50.3 Å². The first-order valence-electron chi connectivity index (χ1n) is 11.8. The average molecular weight is 437 g/mol. The molecule has 1 N–H and O–H groups in total. The van der Waals surface area contributed by atoms with Gasteiger partial charge in [0.2, 0.25) is 5.91 Å². The molecule has 2 aliphatic rings. The van der Waals surface area contributed by atoms with Gasteiger partial charge in [-0.15, -0.1) is 0 Å². The second kappa shape index (κ2) is 10.1. The maximum absolute atomic E-state index is 13.2. The monoisotopic (exact) mass is 436 g/mol. The Morgan fingerprint density at radius 1 is 1.03 bits per heavy atom. The van der Waals surface area contributed by atoms with Crippen LogP contribution < -0.4 is 15.8 Å². The average Bonchev–Trinajstić information content (AvgIpc) is 3.10. The summed E-state index contributed by atoms with van der Waals surface area (Å²) < 4.78 is 1.23. The molecule has 0 bridgehead atoms. The Bertz CT molecular complexity index is 1020. The molecule has 0 radical (unpaired) electrons. The second-order valence-electron chi connectivity index (χ2n) is 9.00. The van der Waals surface area contributed by atoms with Crippen molar-refractivity contribution in [3.05, 3.63) is 58.0 Å². The van der Waals surface area contributed by atoms with E-state index >= 15 is 0 Å². The molecule has 0 spiro atoms. The van der Waals surface area contributed by atoms with E-state index in [4.69, 9.17) is 0 Å². The molecule has 170 valence electrons. The zero-order chi connectivity index (χ0) is 22.5. The second-order valence-corrected chi connectivity index (χ2v) is 9.00. The number of carbonyl (C=O) groups excluding carboxylic acids is 2. The van der Waals surface area contributed by atoms with Crippen LogP contribution >= 0.6 is 0 Å². The van der Waals surface area contributed by atoms with Crippen molar-refractivity contribution in [2.75, 3.05) is 4.90 Å². The number of rotatable bonds is 5. The van der Waals surface area contributed by atoms with Crippen molar-refractivity contribution in [1.82, 2.24) is 15.1 Å². The smallest absolute Gasteiger partial charge is 0.278 e. The zero-order valence-electron chi connectivity index (χ0n) is 18.8. The summed E-state index contributed by atoms with van der Waals surface area (Å²) in [7, 11) is 0. The Balaban J connectivity index is 1.41. The summed E-state index contributed by atoms with van der Waals surface area (Å²) in [5.74, 6) is -0.293. The molecular formula is C25H32N4O3. The van der Waals surface area contributed by atoms with Crippen molar-refractivity contribution in [2.45, 2.75) is 83.3 Å². The van der Waals surface area contributed by atoms with Gasteiger partial charge >= 0.3 is 0 Å². The zero-order valence-corrected chi connectivity index (χ0v) is 18.8. The number of hydrogen-bond acceptors (Lipinski definition) is 4. The van der Waals surface area contributed by atoms with Crippen LogP contribution in [0.25, 0.3) is 0 Å². The van der Waals surface area contributed by atoms with Crippen LogP contribution in [0.2, 0.25) is 0 Å². The first-order valence-corrected chi connectivity index (χ1v) is 11.8. The van der Waals surface area contributed by atoms with E-state index in [2.05, 4.69) is 10.4 Å². The van der Waals surface area contributed by atoms with Crippen LogP contribution in [0.3, 0.4) is 0 Å². The van der Waals surface area contributed by atoms with Crippen molar-refractivity contribution in [3.63, 3.8) is 0 Å². The van der Waals surface area contributed by atoms with E-state index in [1.54, 1.807) is 4.90 Å². The van der Waals surface area contributed by atoms with Crippen LogP contribution in [0.15, 0.2) is 41.2 Å². The number of anilines is 1. The van der Waals surface area contributed by atoms with Gasteiger partial charge in [-0.25, -0.2) is 4.68 Å². The van der Waals surface area contributed by atoms with Gasteiger partial charge in [0.25, 0.3) is 11.5 Å². The lowest BCUT2D eigenvalue weighted by molar-refractivity contribution is -0.122. The van der Waals surface area contributed by atoms with E-state index in [9.17, 15) is 14.4 Å². The van der Waals surface area contributed by atoms with E-state index in [0.29, 0.717) is 0 Å². The third kappa shape index (κ3) is 5.09. The summed E-state index contributed by atoms with van der Waals surface area (Å²) in [4.78, 5) is 39.7. The molecule has 1 aliphatic carbocycles. The fraction of sp³-hybridized carbons (Fsp3) is 0.520. The molecule has 0 saturated heterocycles. The number of hydrogen-bond donors (Lipinski definition) is 1. The maximum Gasteiger partial charge on any atom is 0.278 e. The van der Waals surface area contributed by atoms with Crippen molar-refractivity contribution in [2.24, 2.45) is 0 Å². The van der Waals surface area contributed by atoms with Gasteiger partial charge in [0.05, 0.1) is 6.54 Å². The number of benzene rings is 1. The van der Waals surface area contributed by atoms with Crippen molar-refractivity contribution in [3.8, 4) is 0 Å². The fourth-order valence-electron chi connectivity index (χ4n) is 4.83. The lowest BCUT2D eigenvalue weighted by atomic mass is 9.96. The third-order valence-electron chi connectivity index (χ3n) is 6.53. The molecule has 4 rings (SSSR count). The summed E-state index contributed by atoms with van der Waals surface area (Å²) in [6, 6.07) is 10.9. The van der Waals surface area contributed by atoms with Gasteiger partial charge in [-0.05, 0) is 43.9 Å². The predicted octanol–water partition coefficient (Wildman–Crippen LogP) is 3.45. The van der Waals surface area contributed by atoms with Crippen LogP contribution in [-0.4, -0.2) is 33.7 Å². The molecule has 1 aliphatic heterocycles. The van der Waals surface area contributed by atoms with E-state index in [1.165, 1.54) is 36.1 Å². The molecule has 7 heteroatoms. The largest absolute Gasteiger partial charge is 0.353 e. The molecule has 1 aromatic heterocycles. The highest BCUT2D eigenvalue weighted by Gasteiger charge is 2.32. The standard InChI is InChI=1S/C25H32N4O3/c1-18-17-19-9-7-8-12-22(19)29(18)25(32)21-13-14-24(31)28(27-21)16-15-23(30)26-20-10-5-3-2-4-6-11-20/h7-9,12-14,18,20H,2-6,10-11,15-17H2,1H3,(H,26,30). The van der Waals surface area contributed by atoms with E-state index in [0.717, 1.165) is 43.4 Å². The van der Waals surface area contributed by atoms with Crippen LogP contribution in [0.5, 0.6) is 0 Å². The van der Waals surface area contributed by atoms with Crippen molar-refractivity contribution >= 4 is 17.5 Å². The van der Waals surface area contributed by atoms with Gasteiger partial charge in [0.15, 0.2) is 0 Å². The molecule has 1 unspecified atom stereocenters. The van der Waals surface area contributed by atoms with Crippen LogP contribution in [-0.2, 0) is 17.8 Å². The normalized spacial score (nSPS) is 19.2. The SMILES string of the molecule is CC1Cc2ccccc2N1C(=O)c1ccc(=O)n(CCC(=O)NC2CCCCCCC2)n1. The number of aryl methyl sites for hydroxylation is 1. The Hall–Kier alpha value is -2.96. The van der Waals surface area contributed by atoms with Gasteiger partial charge in [-0.2, -0.15) is 5.10 Å². The van der Waals surface area contributed by atoms with E-state index in [1.807, 2.05) is 31.2 Å². The summed E-state index contributed by atoms with van der Waals surface area (Å²) in [5, 5.41) is 7.42. The third-order valence-corrected chi connectivity index (χ3v) is 6.53. The molecule has 2 aromatic rings. The lowest BCUT2D eigenvalue weighted by Gasteiger charge is -2.22. The molecule has 1 atom stereocenters.